The molecule has 1 fully saturated rings. The minimum absolute atomic E-state index is 0.0209. The van der Waals surface area contributed by atoms with E-state index in [0.29, 0.717) is 12.5 Å². The Morgan fingerprint density at radius 3 is 2.85 bits per heavy atom. The Morgan fingerprint density at radius 2 is 2.20 bits per heavy atom. The van der Waals surface area contributed by atoms with E-state index < -0.39 is 0 Å². The average Bonchev–Trinajstić information content (AvgIpc) is 2.52. The molecule has 2 unspecified atom stereocenters. The third kappa shape index (κ3) is 4.47. The second-order valence-electron chi connectivity index (χ2n) is 5.28. The molecule has 112 valence electrons. The Labute approximate surface area is 129 Å². The third-order valence-electron chi connectivity index (χ3n) is 3.62. The maximum Gasteiger partial charge on any atom is 0.157 e. The quantitative estimate of drug-likeness (QED) is 0.723. The molecule has 1 aliphatic rings. The van der Waals surface area contributed by atoms with Crippen LogP contribution in [-0.2, 0) is 14.8 Å². The van der Waals surface area contributed by atoms with Crippen LogP contribution >= 0.6 is 15.9 Å². The van der Waals surface area contributed by atoms with Gasteiger partial charge in [-0.3, -0.25) is 0 Å². The Kier molecular flexibility index (Phi) is 6.33. The van der Waals surface area contributed by atoms with Gasteiger partial charge in [0.15, 0.2) is 6.29 Å². The molecular formula is C16H23BrO3. The van der Waals surface area contributed by atoms with Gasteiger partial charge in [0.05, 0.1) is 13.7 Å². The summed E-state index contributed by atoms with van der Waals surface area (Å²) in [7, 11) is 1.70. The fourth-order valence-electron chi connectivity index (χ4n) is 2.36. The van der Waals surface area contributed by atoms with Crippen molar-refractivity contribution in [2.24, 2.45) is 0 Å². The van der Waals surface area contributed by atoms with Crippen LogP contribution in [0, 0.1) is 0 Å². The molecule has 0 amide bonds. The van der Waals surface area contributed by atoms with E-state index in [1.807, 2.05) is 0 Å². The van der Waals surface area contributed by atoms with Gasteiger partial charge in [-0.25, -0.2) is 0 Å². The summed E-state index contributed by atoms with van der Waals surface area (Å²) >= 11 is 3.50. The number of hydrogen-bond donors (Lipinski definition) is 0. The highest BCUT2D eigenvalue weighted by Crippen LogP contribution is 2.25. The van der Waals surface area contributed by atoms with Gasteiger partial charge in [-0.05, 0) is 42.5 Å². The van der Waals surface area contributed by atoms with Crippen molar-refractivity contribution in [3.05, 3.63) is 29.3 Å². The molecule has 2 atom stereocenters. The molecule has 1 saturated heterocycles. The van der Waals surface area contributed by atoms with E-state index in [0.717, 1.165) is 30.5 Å². The van der Waals surface area contributed by atoms with Gasteiger partial charge >= 0.3 is 0 Å². The fraction of sp³-hybridized carbons (Fsp3) is 0.625. The zero-order valence-corrected chi connectivity index (χ0v) is 13.8. The molecule has 1 heterocycles. The van der Waals surface area contributed by atoms with E-state index in [4.69, 9.17) is 14.2 Å². The molecule has 3 nitrogen and oxygen atoms in total. The second kappa shape index (κ2) is 8.01. The number of alkyl halides is 1. The van der Waals surface area contributed by atoms with Crippen molar-refractivity contribution in [2.45, 2.75) is 43.7 Å². The third-order valence-corrected chi connectivity index (χ3v) is 4.27. The van der Waals surface area contributed by atoms with Crippen LogP contribution in [0.3, 0.4) is 0 Å². The van der Waals surface area contributed by atoms with Crippen molar-refractivity contribution in [3.8, 4) is 5.75 Å². The summed E-state index contributed by atoms with van der Waals surface area (Å²) in [6, 6.07) is 6.34. The van der Waals surface area contributed by atoms with E-state index >= 15 is 0 Å². The predicted octanol–water partition coefficient (Wildman–Crippen LogP) is 4.24. The minimum atomic E-state index is -0.0209. The van der Waals surface area contributed by atoms with Gasteiger partial charge in [-0.1, -0.05) is 28.9 Å². The average molecular weight is 343 g/mol. The van der Waals surface area contributed by atoms with Crippen LogP contribution in [-0.4, -0.2) is 26.6 Å². The van der Waals surface area contributed by atoms with Crippen LogP contribution < -0.4 is 4.74 Å². The Morgan fingerprint density at radius 1 is 1.35 bits per heavy atom. The highest BCUT2D eigenvalue weighted by Gasteiger charge is 2.16. The number of ether oxygens (including phenoxy) is 3. The van der Waals surface area contributed by atoms with Crippen molar-refractivity contribution in [1.82, 2.24) is 0 Å². The molecule has 0 aliphatic carbocycles. The largest absolute Gasteiger partial charge is 0.497 e. The molecule has 1 aliphatic heterocycles. The first kappa shape index (κ1) is 15.8. The minimum Gasteiger partial charge on any atom is -0.497 e. The molecule has 0 bridgehead atoms. The number of benzene rings is 1. The first-order valence-electron chi connectivity index (χ1n) is 7.20. The SMILES string of the molecule is COc1cc(CBr)cc(C(C)COC2CCCCO2)c1. The molecule has 0 radical (unpaired) electrons. The normalized spacial score (nSPS) is 20.6. The lowest BCUT2D eigenvalue weighted by Crippen LogP contribution is -2.24. The van der Waals surface area contributed by atoms with Gasteiger partial charge in [0, 0.05) is 17.9 Å². The van der Waals surface area contributed by atoms with Crippen molar-refractivity contribution in [2.75, 3.05) is 20.3 Å². The lowest BCUT2D eigenvalue weighted by molar-refractivity contribution is -0.164. The van der Waals surface area contributed by atoms with E-state index in [-0.39, 0.29) is 6.29 Å². The van der Waals surface area contributed by atoms with Crippen LogP contribution in [0.15, 0.2) is 18.2 Å². The number of hydrogen-bond acceptors (Lipinski definition) is 3. The van der Waals surface area contributed by atoms with Crippen LogP contribution in [0.25, 0.3) is 0 Å². The van der Waals surface area contributed by atoms with Crippen molar-refractivity contribution in [3.63, 3.8) is 0 Å². The molecule has 1 aromatic rings. The molecular weight excluding hydrogens is 320 g/mol. The highest BCUT2D eigenvalue weighted by molar-refractivity contribution is 9.08. The second-order valence-corrected chi connectivity index (χ2v) is 5.84. The number of halogens is 1. The summed E-state index contributed by atoms with van der Waals surface area (Å²) in [6.45, 7) is 3.68. The van der Waals surface area contributed by atoms with E-state index in [1.165, 1.54) is 17.5 Å². The maximum absolute atomic E-state index is 5.87. The predicted molar refractivity (Wildman–Crippen MR) is 83.6 cm³/mol. The van der Waals surface area contributed by atoms with Crippen LogP contribution in [0.2, 0.25) is 0 Å². The Hall–Kier alpha value is -0.580. The Bertz CT molecular complexity index is 394. The first-order valence-corrected chi connectivity index (χ1v) is 8.32. The van der Waals surface area contributed by atoms with Crippen molar-refractivity contribution < 1.29 is 14.2 Å². The van der Waals surface area contributed by atoms with Crippen molar-refractivity contribution in [1.29, 1.82) is 0 Å². The maximum atomic E-state index is 5.87. The van der Waals surface area contributed by atoms with Crippen LogP contribution in [0.1, 0.15) is 43.2 Å². The summed E-state index contributed by atoms with van der Waals surface area (Å²) in [5.41, 5.74) is 2.47. The van der Waals surface area contributed by atoms with Crippen LogP contribution in [0.5, 0.6) is 5.75 Å². The summed E-state index contributed by atoms with van der Waals surface area (Å²) in [6.07, 6.45) is 3.34. The van der Waals surface area contributed by atoms with E-state index in [9.17, 15) is 0 Å². The molecule has 4 heteroatoms. The zero-order valence-electron chi connectivity index (χ0n) is 12.2. The topological polar surface area (TPSA) is 27.7 Å². The molecule has 20 heavy (non-hydrogen) atoms. The summed E-state index contributed by atoms with van der Waals surface area (Å²) in [4.78, 5) is 0. The standard InChI is InChI=1S/C16H23BrO3/c1-12(11-20-16-5-3-4-6-19-16)14-7-13(10-17)8-15(9-14)18-2/h7-9,12,16H,3-6,10-11H2,1-2H3. The van der Waals surface area contributed by atoms with Gasteiger partial charge in [0.25, 0.3) is 0 Å². The summed E-state index contributed by atoms with van der Waals surface area (Å²) < 4.78 is 16.8. The van der Waals surface area contributed by atoms with Crippen LogP contribution in [0.4, 0.5) is 0 Å². The lowest BCUT2D eigenvalue weighted by Gasteiger charge is -2.24. The lowest BCUT2D eigenvalue weighted by atomic mass is 9.99. The smallest absolute Gasteiger partial charge is 0.157 e. The monoisotopic (exact) mass is 342 g/mol. The molecule has 0 saturated carbocycles. The molecule has 0 spiro atoms. The van der Waals surface area contributed by atoms with Gasteiger partial charge in [0.1, 0.15) is 5.75 Å². The van der Waals surface area contributed by atoms with Gasteiger partial charge in [-0.15, -0.1) is 0 Å². The fourth-order valence-corrected chi connectivity index (χ4v) is 2.68. The Balaban J connectivity index is 1.95. The van der Waals surface area contributed by atoms with E-state index in [2.05, 4.69) is 41.1 Å². The first-order chi connectivity index (χ1) is 9.72. The zero-order chi connectivity index (χ0) is 14.4. The van der Waals surface area contributed by atoms with E-state index in [1.54, 1.807) is 7.11 Å². The summed E-state index contributed by atoms with van der Waals surface area (Å²) in [5, 5.41) is 0.830. The molecule has 0 aromatic heterocycles. The van der Waals surface area contributed by atoms with Crippen molar-refractivity contribution >= 4 is 15.9 Å². The number of rotatable bonds is 6. The summed E-state index contributed by atoms with van der Waals surface area (Å²) in [5.74, 6) is 1.23. The van der Waals surface area contributed by atoms with Gasteiger partial charge in [0.2, 0.25) is 0 Å². The molecule has 2 rings (SSSR count). The van der Waals surface area contributed by atoms with Gasteiger partial charge < -0.3 is 14.2 Å². The van der Waals surface area contributed by atoms with Gasteiger partial charge in [-0.2, -0.15) is 0 Å². The number of methoxy groups -OCH3 is 1. The molecule has 1 aromatic carbocycles. The highest BCUT2D eigenvalue weighted by atomic mass is 79.9. The molecule has 0 N–H and O–H groups in total.